The molecule has 3 heterocycles. The molecule has 1 amide bonds. The number of hydrogen-bond donors (Lipinski definition) is 0. The van der Waals surface area contributed by atoms with Crippen LogP contribution in [0, 0.1) is 0 Å². The molecule has 5 heteroatoms. The number of rotatable bonds is 2. The Hall–Kier alpha value is -2.27. The summed E-state index contributed by atoms with van der Waals surface area (Å²) in [5, 5.41) is 0. The van der Waals surface area contributed by atoms with Crippen LogP contribution in [0.15, 0.2) is 42.7 Å². The standard InChI is InChI=1S/C15H15N3O2/c19-15(18-7-9-20-10-8-18)12-4-5-14(17-11-12)13-3-1-2-6-16-13/h1-6,11H,7-10H2. The van der Waals surface area contributed by atoms with Crippen molar-refractivity contribution < 1.29 is 9.53 Å². The van der Waals surface area contributed by atoms with Gasteiger partial charge in [0.25, 0.3) is 5.91 Å². The highest BCUT2D eigenvalue weighted by molar-refractivity contribution is 5.94. The fraction of sp³-hybridized carbons (Fsp3) is 0.267. The Kier molecular flexibility index (Phi) is 3.69. The van der Waals surface area contributed by atoms with Crippen molar-refractivity contribution in [2.75, 3.05) is 26.3 Å². The lowest BCUT2D eigenvalue weighted by atomic mass is 10.2. The van der Waals surface area contributed by atoms with Gasteiger partial charge in [-0.15, -0.1) is 0 Å². The molecule has 0 aromatic carbocycles. The van der Waals surface area contributed by atoms with E-state index in [0.717, 1.165) is 11.4 Å². The first-order valence-electron chi connectivity index (χ1n) is 6.59. The highest BCUT2D eigenvalue weighted by Gasteiger charge is 2.18. The molecule has 1 aliphatic heterocycles. The second kappa shape index (κ2) is 5.79. The van der Waals surface area contributed by atoms with Crippen molar-refractivity contribution in [2.45, 2.75) is 0 Å². The second-order valence-corrected chi connectivity index (χ2v) is 4.55. The molecule has 5 nitrogen and oxygen atoms in total. The number of pyridine rings is 2. The lowest BCUT2D eigenvalue weighted by molar-refractivity contribution is 0.0302. The van der Waals surface area contributed by atoms with E-state index in [4.69, 9.17) is 4.74 Å². The smallest absolute Gasteiger partial charge is 0.255 e. The highest BCUT2D eigenvalue weighted by atomic mass is 16.5. The molecular weight excluding hydrogens is 254 g/mol. The molecule has 0 radical (unpaired) electrons. The van der Waals surface area contributed by atoms with Crippen LogP contribution in [0.3, 0.4) is 0 Å². The molecule has 0 bridgehead atoms. The molecule has 3 rings (SSSR count). The van der Waals surface area contributed by atoms with Gasteiger partial charge in [-0.2, -0.15) is 0 Å². The lowest BCUT2D eigenvalue weighted by Gasteiger charge is -2.26. The van der Waals surface area contributed by atoms with Gasteiger partial charge in [0.05, 0.1) is 30.2 Å². The fourth-order valence-corrected chi connectivity index (χ4v) is 2.14. The van der Waals surface area contributed by atoms with Gasteiger partial charge in [0.2, 0.25) is 0 Å². The topological polar surface area (TPSA) is 55.3 Å². The van der Waals surface area contributed by atoms with E-state index in [1.807, 2.05) is 24.3 Å². The van der Waals surface area contributed by atoms with Gasteiger partial charge in [-0.05, 0) is 24.3 Å². The van der Waals surface area contributed by atoms with E-state index < -0.39 is 0 Å². The van der Waals surface area contributed by atoms with Gasteiger partial charge < -0.3 is 9.64 Å². The van der Waals surface area contributed by atoms with E-state index in [-0.39, 0.29) is 5.91 Å². The largest absolute Gasteiger partial charge is 0.378 e. The van der Waals surface area contributed by atoms with E-state index in [1.165, 1.54) is 0 Å². The summed E-state index contributed by atoms with van der Waals surface area (Å²) in [4.78, 5) is 22.6. The zero-order chi connectivity index (χ0) is 13.8. The minimum atomic E-state index is 0.00775. The number of morpholine rings is 1. The van der Waals surface area contributed by atoms with Gasteiger partial charge in [-0.25, -0.2) is 0 Å². The van der Waals surface area contributed by atoms with Crippen molar-refractivity contribution in [3.8, 4) is 11.4 Å². The van der Waals surface area contributed by atoms with Crippen molar-refractivity contribution in [1.29, 1.82) is 0 Å². The normalized spacial score (nSPS) is 15.1. The van der Waals surface area contributed by atoms with Gasteiger partial charge in [-0.1, -0.05) is 6.07 Å². The van der Waals surface area contributed by atoms with Crippen LogP contribution in [0.5, 0.6) is 0 Å². The SMILES string of the molecule is O=C(c1ccc(-c2ccccn2)nc1)N1CCOCC1. The van der Waals surface area contributed by atoms with Crippen molar-refractivity contribution in [3.63, 3.8) is 0 Å². The molecule has 102 valence electrons. The third kappa shape index (κ3) is 2.67. The molecule has 2 aromatic rings. The molecular formula is C15H15N3O2. The minimum absolute atomic E-state index is 0.00775. The van der Waals surface area contributed by atoms with E-state index in [1.54, 1.807) is 23.4 Å². The fourth-order valence-electron chi connectivity index (χ4n) is 2.14. The monoisotopic (exact) mass is 269 g/mol. The van der Waals surface area contributed by atoms with Gasteiger partial charge in [0, 0.05) is 25.5 Å². The molecule has 2 aromatic heterocycles. The van der Waals surface area contributed by atoms with Gasteiger partial charge in [0.15, 0.2) is 0 Å². The molecule has 20 heavy (non-hydrogen) atoms. The van der Waals surface area contributed by atoms with Crippen LogP contribution in [0.2, 0.25) is 0 Å². The predicted octanol–water partition coefficient (Wildman–Crippen LogP) is 1.62. The Morgan fingerprint density at radius 1 is 1.05 bits per heavy atom. The minimum Gasteiger partial charge on any atom is -0.378 e. The number of ether oxygens (including phenoxy) is 1. The maximum atomic E-state index is 12.3. The van der Waals surface area contributed by atoms with Gasteiger partial charge in [0.1, 0.15) is 0 Å². The number of amides is 1. The summed E-state index contributed by atoms with van der Waals surface area (Å²) in [6, 6.07) is 9.30. The lowest BCUT2D eigenvalue weighted by Crippen LogP contribution is -2.40. The van der Waals surface area contributed by atoms with Crippen LogP contribution in [0.25, 0.3) is 11.4 Å². The summed E-state index contributed by atoms with van der Waals surface area (Å²) in [6.45, 7) is 2.48. The number of hydrogen-bond acceptors (Lipinski definition) is 4. The van der Waals surface area contributed by atoms with E-state index in [0.29, 0.717) is 31.9 Å². The number of carbonyl (C=O) groups excluding carboxylic acids is 1. The Morgan fingerprint density at radius 3 is 2.50 bits per heavy atom. The van der Waals surface area contributed by atoms with Crippen molar-refractivity contribution >= 4 is 5.91 Å². The average molecular weight is 269 g/mol. The van der Waals surface area contributed by atoms with Crippen LogP contribution in [0.4, 0.5) is 0 Å². The maximum Gasteiger partial charge on any atom is 0.255 e. The molecule has 1 saturated heterocycles. The second-order valence-electron chi connectivity index (χ2n) is 4.55. The Balaban J connectivity index is 1.77. The van der Waals surface area contributed by atoms with Gasteiger partial charge >= 0.3 is 0 Å². The average Bonchev–Trinajstić information content (AvgIpc) is 2.56. The predicted molar refractivity (Wildman–Crippen MR) is 74.2 cm³/mol. The Bertz CT molecular complexity index is 578. The molecule has 0 N–H and O–H groups in total. The molecule has 0 saturated carbocycles. The van der Waals surface area contributed by atoms with Crippen molar-refractivity contribution in [3.05, 3.63) is 48.3 Å². The maximum absolute atomic E-state index is 12.3. The zero-order valence-corrected chi connectivity index (χ0v) is 11.0. The summed E-state index contributed by atoms with van der Waals surface area (Å²) in [6.07, 6.45) is 3.34. The van der Waals surface area contributed by atoms with Crippen LogP contribution in [-0.4, -0.2) is 47.1 Å². The number of nitrogens with zero attached hydrogens (tertiary/aromatic N) is 3. The summed E-state index contributed by atoms with van der Waals surface area (Å²) in [7, 11) is 0. The molecule has 0 spiro atoms. The molecule has 0 atom stereocenters. The first-order chi connectivity index (χ1) is 9.84. The summed E-state index contributed by atoms with van der Waals surface area (Å²) < 4.78 is 5.24. The Labute approximate surface area is 117 Å². The van der Waals surface area contributed by atoms with Crippen LogP contribution in [-0.2, 0) is 4.74 Å². The summed E-state index contributed by atoms with van der Waals surface area (Å²) in [5.74, 6) is 0.00775. The third-order valence-corrected chi connectivity index (χ3v) is 3.24. The van der Waals surface area contributed by atoms with Crippen LogP contribution >= 0.6 is 0 Å². The van der Waals surface area contributed by atoms with E-state index in [9.17, 15) is 4.79 Å². The van der Waals surface area contributed by atoms with Crippen molar-refractivity contribution in [1.82, 2.24) is 14.9 Å². The molecule has 1 fully saturated rings. The number of aromatic nitrogens is 2. The van der Waals surface area contributed by atoms with Crippen LogP contribution in [0.1, 0.15) is 10.4 Å². The Morgan fingerprint density at radius 2 is 1.85 bits per heavy atom. The first kappa shape index (κ1) is 12.7. The molecule has 1 aliphatic rings. The van der Waals surface area contributed by atoms with E-state index in [2.05, 4.69) is 9.97 Å². The quantitative estimate of drug-likeness (QED) is 0.831. The number of carbonyl (C=O) groups is 1. The first-order valence-corrected chi connectivity index (χ1v) is 6.59. The van der Waals surface area contributed by atoms with Gasteiger partial charge in [-0.3, -0.25) is 14.8 Å². The zero-order valence-electron chi connectivity index (χ0n) is 11.0. The summed E-state index contributed by atoms with van der Waals surface area (Å²) >= 11 is 0. The highest BCUT2D eigenvalue weighted by Crippen LogP contribution is 2.14. The van der Waals surface area contributed by atoms with Crippen LogP contribution < -0.4 is 0 Å². The third-order valence-electron chi connectivity index (χ3n) is 3.24. The summed E-state index contributed by atoms with van der Waals surface area (Å²) in [5.41, 5.74) is 2.17. The molecule has 0 aliphatic carbocycles. The molecule has 0 unspecified atom stereocenters. The van der Waals surface area contributed by atoms with E-state index >= 15 is 0 Å². The van der Waals surface area contributed by atoms with Crippen molar-refractivity contribution in [2.24, 2.45) is 0 Å².